The second-order valence-corrected chi connectivity index (χ2v) is 7.67. The van der Waals surface area contributed by atoms with Gasteiger partial charge in [0.15, 0.2) is 0 Å². The van der Waals surface area contributed by atoms with Crippen molar-refractivity contribution in [2.75, 3.05) is 18.5 Å². The minimum atomic E-state index is -3.37. The summed E-state index contributed by atoms with van der Waals surface area (Å²) in [5.41, 5.74) is 3.42. The minimum Gasteiger partial charge on any atom is -0.324 e. The first-order chi connectivity index (χ1) is 8.85. The third-order valence-electron chi connectivity index (χ3n) is 3.73. The molecule has 0 aliphatic carbocycles. The van der Waals surface area contributed by atoms with Gasteiger partial charge in [-0.3, -0.25) is 5.84 Å². The van der Waals surface area contributed by atoms with Crippen LogP contribution in [0.15, 0.2) is 29.2 Å². The van der Waals surface area contributed by atoms with Crippen LogP contribution in [0.5, 0.6) is 0 Å². The van der Waals surface area contributed by atoms with Crippen molar-refractivity contribution < 1.29 is 8.42 Å². The fraction of sp³-hybridized carbons (Fsp3) is 0.538. The first-order valence-electron chi connectivity index (χ1n) is 6.42. The van der Waals surface area contributed by atoms with Crippen LogP contribution in [-0.2, 0) is 10.0 Å². The lowest BCUT2D eigenvalue weighted by Crippen LogP contribution is -2.41. The van der Waals surface area contributed by atoms with Crippen molar-refractivity contribution >= 4 is 15.7 Å². The van der Waals surface area contributed by atoms with Gasteiger partial charge in [-0.05, 0) is 42.5 Å². The molecule has 0 bridgehead atoms. The van der Waals surface area contributed by atoms with E-state index < -0.39 is 10.0 Å². The van der Waals surface area contributed by atoms with Crippen LogP contribution in [0.1, 0.15) is 26.7 Å². The summed E-state index contributed by atoms with van der Waals surface area (Å²) in [7, 11) is -3.37. The van der Waals surface area contributed by atoms with Crippen molar-refractivity contribution in [3.05, 3.63) is 24.3 Å². The van der Waals surface area contributed by atoms with Crippen LogP contribution in [0, 0.1) is 5.41 Å². The van der Waals surface area contributed by atoms with Crippen LogP contribution >= 0.6 is 0 Å². The van der Waals surface area contributed by atoms with E-state index in [2.05, 4.69) is 19.3 Å². The molecule has 6 heteroatoms. The van der Waals surface area contributed by atoms with Gasteiger partial charge < -0.3 is 5.43 Å². The normalized spacial score (nSPS) is 20.2. The van der Waals surface area contributed by atoms with Gasteiger partial charge in [0.25, 0.3) is 0 Å². The fourth-order valence-corrected chi connectivity index (χ4v) is 3.65. The predicted molar refractivity (Wildman–Crippen MR) is 76.0 cm³/mol. The smallest absolute Gasteiger partial charge is 0.243 e. The standard InChI is InChI=1S/C13H21N3O2S/c1-13(2)7-9-16(10-8-13)19(17,18)12-5-3-11(15-14)4-6-12/h3-6,15H,7-10,14H2,1-2H3. The SMILES string of the molecule is CC1(C)CCN(S(=O)(=O)c2ccc(NN)cc2)CC1. The van der Waals surface area contributed by atoms with Crippen LogP contribution in [0.3, 0.4) is 0 Å². The summed E-state index contributed by atoms with van der Waals surface area (Å²) in [6, 6.07) is 6.51. The molecule has 1 aromatic rings. The highest BCUT2D eigenvalue weighted by molar-refractivity contribution is 7.89. The molecule has 106 valence electrons. The van der Waals surface area contributed by atoms with Gasteiger partial charge in [-0.1, -0.05) is 13.8 Å². The molecule has 0 spiro atoms. The average molecular weight is 283 g/mol. The molecule has 0 amide bonds. The first kappa shape index (κ1) is 14.3. The van der Waals surface area contributed by atoms with Crippen molar-refractivity contribution in [1.82, 2.24) is 4.31 Å². The van der Waals surface area contributed by atoms with Crippen molar-refractivity contribution in [2.45, 2.75) is 31.6 Å². The highest BCUT2D eigenvalue weighted by atomic mass is 32.2. The number of nitrogens with zero attached hydrogens (tertiary/aromatic N) is 1. The summed E-state index contributed by atoms with van der Waals surface area (Å²) < 4.78 is 26.5. The third kappa shape index (κ3) is 3.08. The number of nitrogens with two attached hydrogens (primary N) is 1. The molecule has 5 nitrogen and oxygen atoms in total. The summed E-state index contributed by atoms with van der Waals surface area (Å²) in [6.45, 7) is 5.54. The molecular weight excluding hydrogens is 262 g/mol. The zero-order valence-corrected chi connectivity index (χ0v) is 12.2. The van der Waals surface area contributed by atoms with E-state index in [1.165, 1.54) is 0 Å². The Morgan fingerprint density at radius 2 is 1.68 bits per heavy atom. The first-order valence-corrected chi connectivity index (χ1v) is 7.86. The summed E-state index contributed by atoms with van der Waals surface area (Å²) in [4.78, 5) is 0.325. The molecule has 0 radical (unpaired) electrons. The van der Waals surface area contributed by atoms with Crippen molar-refractivity contribution in [2.24, 2.45) is 11.3 Å². The molecule has 0 unspecified atom stereocenters. The van der Waals surface area contributed by atoms with Crippen LogP contribution in [-0.4, -0.2) is 25.8 Å². The molecule has 1 aliphatic heterocycles. The number of anilines is 1. The van der Waals surface area contributed by atoms with Crippen molar-refractivity contribution in [3.8, 4) is 0 Å². The number of hydrazine groups is 1. The molecule has 2 rings (SSSR count). The van der Waals surface area contributed by atoms with E-state index in [9.17, 15) is 8.42 Å². The number of hydrogen-bond donors (Lipinski definition) is 2. The van der Waals surface area contributed by atoms with Crippen LogP contribution in [0.4, 0.5) is 5.69 Å². The highest BCUT2D eigenvalue weighted by Crippen LogP contribution is 2.32. The van der Waals surface area contributed by atoms with Crippen LogP contribution in [0.2, 0.25) is 0 Å². The Morgan fingerprint density at radius 3 is 2.16 bits per heavy atom. The molecule has 0 aromatic heterocycles. The number of hydrogen-bond acceptors (Lipinski definition) is 4. The second-order valence-electron chi connectivity index (χ2n) is 5.74. The molecule has 19 heavy (non-hydrogen) atoms. The fourth-order valence-electron chi connectivity index (χ4n) is 2.20. The molecule has 1 fully saturated rings. The largest absolute Gasteiger partial charge is 0.324 e. The van der Waals surface area contributed by atoms with Gasteiger partial charge in [-0.15, -0.1) is 0 Å². The summed E-state index contributed by atoms with van der Waals surface area (Å²) in [5.74, 6) is 5.27. The Labute approximate surface area is 114 Å². The maximum Gasteiger partial charge on any atom is 0.243 e. The maximum absolute atomic E-state index is 12.5. The second kappa shape index (κ2) is 5.11. The van der Waals surface area contributed by atoms with Crippen molar-refractivity contribution in [3.63, 3.8) is 0 Å². The Balaban J connectivity index is 2.18. The van der Waals surface area contributed by atoms with Crippen molar-refractivity contribution in [1.29, 1.82) is 0 Å². The van der Waals surface area contributed by atoms with E-state index in [-0.39, 0.29) is 5.41 Å². The number of piperidine rings is 1. The Morgan fingerprint density at radius 1 is 1.16 bits per heavy atom. The number of nitrogen functional groups attached to an aromatic ring is 1. The lowest BCUT2D eigenvalue weighted by Gasteiger charge is -2.36. The number of rotatable bonds is 3. The van der Waals surface area contributed by atoms with E-state index in [1.807, 2.05) is 0 Å². The molecule has 0 atom stereocenters. The summed E-state index contributed by atoms with van der Waals surface area (Å²) >= 11 is 0. The molecular formula is C13H21N3O2S. The monoisotopic (exact) mass is 283 g/mol. The van der Waals surface area contributed by atoms with Gasteiger partial charge in [0.2, 0.25) is 10.0 Å². The Hall–Kier alpha value is -1.11. The zero-order chi connectivity index (χ0) is 14.1. The van der Waals surface area contributed by atoms with E-state index in [0.717, 1.165) is 12.8 Å². The molecule has 0 saturated carbocycles. The van der Waals surface area contributed by atoms with E-state index >= 15 is 0 Å². The number of sulfonamides is 1. The van der Waals surface area contributed by atoms with Gasteiger partial charge in [0.1, 0.15) is 0 Å². The van der Waals surface area contributed by atoms with E-state index in [0.29, 0.717) is 23.7 Å². The predicted octanol–water partition coefficient (Wildman–Crippen LogP) is 1.78. The Kier molecular flexibility index (Phi) is 3.85. The van der Waals surface area contributed by atoms with Gasteiger partial charge in [0, 0.05) is 18.8 Å². The topological polar surface area (TPSA) is 75.4 Å². The van der Waals surface area contributed by atoms with Gasteiger partial charge in [-0.25, -0.2) is 8.42 Å². The zero-order valence-electron chi connectivity index (χ0n) is 11.4. The highest BCUT2D eigenvalue weighted by Gasteiger charge is 2.32. The maximum atomic E-state index is 12.5. The molecule has 1 aliphatic rings. The average Bonchev–Trinajstić information content (AvgIpc) is 2.38. The van der Waals surface area contributed by atoms with Gasteiger partial charge >= 0.3 is 0 Å². The lowest BCUT2D eigenvalue weighted by molar-refractivity contribution is 0.196. The van der Waals surface area contributed by atoms with Crippen LogP contribution in [0.25, 0.3) is 0 Å². The molecule has 1 saturated heterocycles. The molecule has 1 heterocycles. The van der Waals surface area contributed by atoms with E-state index in [4.69, 9.17) is 5.84 Å². The third-order valence-corrected chi connectivity index (χ3v) is 5.65. The quantitative estimate of drug-likeness (QED) is 0.655. The molecule has 1 aromatic carbocycles. The van der Waals surface area contributed by atoms with Gasteiger partial charge in [-0.2, -0.15) is 4.31 Å². The lowest BCUT2D eigenvalue weighted by atomic mass is 9.83. The van der Waals surface area contributed by atoms with Crippen LogP contribution < -0.4 is 11.3 Å². The summed E-state index contributed by atoms with van der Waals surface area (Å²) in [5, 5.41) is 0. The van der Waals surface area contributed by atoms with Gasteiger partial charge in [0.05, 0.1) is 4.90 Å². The summed E-state index contributed by atoms with van der Waals surface area (Å²) in [6.07, 6.45) is 1.79. The molecule has 3 N–H and O–H groups in total. The number of benzene rings is 1. The minimum absolute atomic E-state index is 0.235. The van der Waals surface area contributed by atoms with E-state index in [1.54, 1.807) is 28.6 Å². The Bertz CT molecular complexity index is 528. The number of nitrogens with one attached hydrogen (secondary N) is 1.